The summed E-state index contributed by atoms with van der Waals surface area (Å²) in [6.45, 7) is 9.00. The highest BCUT2D eigenvalue weighted by atomic mass is 15.1. The molecule has 1 saturated heterocycles. The third kappa shape index (κ3) is 4.12. The van der Waals surface area contributed by atoms with Crippen molar-refractivity contribution in [3.05, 3.63) is 48.4 Å². The highest BCUT2D eigenvalue weighted by Crippen LogP contribution is 2.32. The molecule has 6 heteroatoms. The number of hydrogen-bond acceptors (Lipinski definition) is 5. The zero-order chi connectivity index (χ0) is 20.6. The van der Waals surface area contributed by atoms with Gasteiger partial charge in [0.1, 0.15) is 0 Å². The van der Waals surface area contributed by atoms with Gasteiger partial charge in [0.05, 0.1) is 11.2 Å². The molecule has 3 aromatic rings. The molecule has 1 aliphatic rings. The molecular formula is C23H30N6. The second-order valence-corrected chi connectivity index (χ2v) is 9.24. The van der Waals surface area contributed by atoms with Crippen LogP contribution in [0.4, 0.5) is 5.95 Å². The first-order valence-corrected chi connectivity index (χ1v) is 10.1. The van der Waals surface area contributed by atoms with E-state index in [-0.39, 0.29) is 11.1 Å². The summed E-state index contributed by atoms with van der Waals surface area (Å²) in [6.07, 6.45) is 9.32. The molecule has 152 valence electrons. The Morgan fingerprint density at radius 1 is 1.14 bits per heavy atom. The Morgan fingerprint density at radius 2 is 1.90 bits per heavy atom. The normalized spacial score (nSPS) is 19.0. The van der Waals surface area contributed by atoms with Gasteiger partial charge in [-0.05, 0) is 64.4 Å². The Hall–Kier alpha value is -2.86. The molecule has 6 nitrogen and oxygen atoms in total. The molecule has 3 heterocycles. The van der Waals surface area contributed by atoms with Crippen molar-refractivity contribution in [1.29, 1.82) is 0 Å². The predicted molar refractivity (Wildman–Crippen MR) is 120 cm³/mol. The number of H-pyrrole nitrogens is 1. The summed E-state index contributed by atoms with van der Waals surface area (Å²) in [5.74, 6) is 0.674. The summed E-state index contributed by atoms with van der Waals surface area (Å²) in [5, 5.41) is 8.41. The van der Waals surface area contributed by atoms with Gasteiger partial charge in [0, 0.05) is 40.5 Å². The number of nitrogens with one attached hydrogen (secondary N) is 3. The Kier molecular flexibility index (Phi) is 4.82. The molecule has 1 fully saturated rings. The van der Waals surface area contributed by atoms with Crippen LogP contribution in [0.25, 0.3) is 28.2 Å². The lowest BCUT2D eigenvalue weighted by molar-refractivity contribution is 0.170. The number of fused-ring (bicyclic) bond motifs is 1. The maximum absolute atomic E-state index is 5.59. The first-order chi connectivity index (χ1) is 13.8. The van der Waals surface area contributed by atoms with E-state index in [0.29, 0.717) is 12.0 Å². The number of aromatic nitrogens is 3. The minimum atomic E-state index is 0.0702. The van der Waals surface area contributed by atoms with Crippen LogP contribution in [0.5, 0.6) is 0 Å². The van der Waals surface area contributed by atoms with Gasteiger partial charge in [0.15, 0.2) is 0 Å². The molecule has 0 spiro atoms. The van der Waals surface area contributed by atoms with Crippen molar-refractivity contribution in [3.8, 4) is 11.3 Å². The molecule has 5 N–H and O–H groups in total. The highest BCUT2D eigenvalue weighted by molar-refractivity contribution is 5.98. The van der Waals surface area contributed by atoms with Crippen molar-refractivity contribution in [3.63, 3.8) is 0 Å². The van der Waals surface area contributed by atoms with Crippen molar-refractivity contribution in [2.24, 2.45) is 5.73 Å². The largest absolute Gasteiger partial charge is 0.405 e. The fraction of sp³-hybridized carbons (Fsp3) is 0.391. The van der Waals surface area contributed by atoms with E-state index in [1.807, 2.05) is 36.7 Å². The first kappa shape index (κ1) is 19.5. The summed E-state index contributed by atoms with van der Waals surface area (Å²) in [6, 6.07) is 8.45. The Morgan fingerprint density at radius 3 is 2.62 bits per heavy atom. The lowest BCUT2D eigenvalue weighted by Gasteiger charge is -2.46. The quantitative estimate of drug-likeness (QED) is 0.534. The number of aromatic amines is 1. The molecule has 0 saturated carbocycles. The van der Waals surface area contributed by atoms with Crippen LogP contribution in [0, 0.1) is 0 Å². The van der Waals surface area contributed by atoms with E-state index < -0.39 is 0 Å². The second-order valence-electron chi connectivity index (χ2n) is 9.24. The summed E-state index contributed by atoms with van der Waals surface area (Å²) < 4.78 is 0. The van der Waals surface area contributed by atoms with Crippen molar-refractivity contribution < 1.29 is 0 Å². The van der Waals surface area contributed by atoms with E-state index in [2.05, 4.69) is 54.4 Å². The third-order valence-corrected chi connectivity index (χ3v) is 5.48. The van der Waals surface area contributed by atoms with Crippen molar-refractivity contribution in [1.82, 2.24) is 20.3 Å². The molecule has 0 unspecified atom stereocenters. The Labute approximate surface area is 172 Å². The number of piperidine rings is 1. The lowest BCUT2D eigenvalue weighted by atomic mass is 9.80. The molecule has 2 aromatic heterocycles. The summed E-state index contributed by atoms with van der Waals surface area (Å²) in [4.78, 5) is 12.7. The highest BCUT2D eigenvalue weighted by Gasteiger charge is 2.37. The van der Waals surface area contributed by atoms with Crippen LogP contribution in [0.3, 0.4) is 0 Å². The van der Waals surface area contributed by atoms with Crippen LogP contribution in [-0.4, -0.2) is 32.1 Å². The van der Waals surface area contributed by atoms with E-state index in [4.69, 9.17) is 10.7 Å². The minimum absolute atomic E-state index is 0.0702. The monoisotopic (exact) mass is 390 g/mol. The molecule has 0 aliphatic carbocycles. The molecule has 0 bridgehead atoms. The molecular weight excluding hydrogens is 360 g/mol. The summed E-state index contributed by atoms with van der Waals surface area (Å²) in [5.41, 5.74) is 9.80. The zero-order valence-corrected chi connectivity index (χ0v) is 17.6. The van der Waals surface area contributed by atoms with E-state index in [0.717, 1.165) is 40.6 Å². The molecule has 0 atom stereocenters. The SMILES string of the molecule is CC1(C)CC(Nc2nccc(-c3c[nH]c4c(/C=C/N)cccc34)n2)CC(C)(C)N1. The van der Waals surface area contributed by atoms with Gasteiger partial charge in [-0.3, -0.25) is 0 Å². The van der Waals surface area contributed by atoms with E-state index in [1.165, 1.54) is 0 Å². The van der Waals surface area contributed by atoms with Gasteiger partial charge in [0.25, 0.3) is 0 Å². The number of nitrogens with zero attached hydrogens (tertiary/aromatic N) is 2. The topological polar surface area (TPSA) is 91.7 Å². The average Bonchev–Trinajstić information content (AvgIpc) is 3.04. The van der Waals surface area contributed by atoms with E-state index in [1.54, 1.807) is 6.20 Å². The number of hydrogen-bond donors (Lipinski definition) is 4. The molecule has 1 aromatic carbocycles. The zero-order valence-electron chi connectivity index (χ0n) is 17.6. The standard InChI is InChI=1S/C23H30N6/c1-22(2)12-16(13-23(3,4)29-22)27-21-25-11-9-19(28-21)18-14-26-20-15(8-10-24)6-5-7-17(18)20/h5-11,14,16,26,29H,12-13,24H2,1-4H3,(H,25,27,28)/b10-8+. The molecule has 4 rings (SSSR count). The predicted octanol–water partition coefficient (Wildman–Crippen LogP) is 4.28. The Bertz CT molecular complexity index is 1030. The molecule has 29 heavy (non-hydrogen) atoms. The lowest BCUT2D eigenvalue weighted by Crippen LogP contribution is -2.60. The fourth-order valence-corrected chi connectivity index (χ4v) is 4.82. The van der Waals surface area contributed by atoms with Crippen LogP contribution >= 0.6 is 0 Å². The second kappa shape index (κ2) is 7.19. The summed E-state index contributed by atoms with van der Waals surface area (Å²) >= 11 is 0. The van der Waals surface area contributed by atoms with Gasteiger partial charge in [-0.2, -0.15) is 0 Å². The van der Waals surface area contributed by atoms with Crippen molar-refractivity contribution >= 4 is 22.9 Å². The number of rotatable bonds is 4. The van der Waals surface area contributed by atoms with Crippen LogP contribution in [-0.2, 0) is 0 Å². The van der Waals surface area contributed by atoms with Gasteiger partial charge < -0.3 is 21.4 Å². The van der Waals surface area contributed by atoms with Gasteiger partial charge in [-0.1, -0.05) is 18.2 Å². The summed E-state index contributed by atoms with van der Waals surface area (Å²) in [7, 11) is 0. The minimum Gasteiger partial charge on any atom is -0.405 e. The van der Waals surface area contributed by atoms with E-state index in [9.17, 15) is 0 Å². The van der Waals surface area contributed by atoms with Gasteiger partial charge in [0.2, 0.25) is 5.95 Å². The number of para-hydroxylation sites is 1. The van der Waals surface area contributed by atoms with Crippen molar-refractivity contribution in [2.45, 2.75) is 57.7 Å². The Balaban J connectivity index is 1.63. The molecule has 0 radical (unpaired) electrons. The van der Waals surface area contributed by atoms with E-state index >= 15 is 0 Å². The van der Waals surface area contributed by atoms with Crippen LogP contribution < -0.4 is 16.4 Å². The smallest absolute Gasteiger partial charge is 0.223 e. The fourth-order valence-electron chi connectivity index (χ4n) is 4.82. The molecule has 1 aliphatic heterocycles. The van der Waals surface area contributed by atoms with Gasteiger partial charge in [-0.25, -0.2) is 9.97 Å². The molecule has 0 amide bonds. The van der Waals surface area contributed by atoms with Gasteiger partial charge in [-0.15, -0.1) is 0 Å². The van der Waals surface area contributed by atoms with Crippen LogP contribution in [0.2, 0.25) is 0 Å². The average molecular weight is 391 g/mol. The van der Waals surface area contributed by atoms with Crippen LogP contribution in [0.1, 0.15) is 46.1 Å². The first-order valence-electron chi connectivity index (χ1n) is 10.1. The maximum Gasteiger partial charge on any atom is 0.223 e. The number of anilines is 1. The number of nitrogens with two attached hydrogens (primary N) is 1. The van der Waals surface area contributed by atoms with Crippen LogP contribution in [0.15, 0.2) is 42.9 Å². The van der Waals surface area contributed by atoms with Crippen molar-refractivity contribution in [2.75, 3.05) is 5.32 Å². The number of benzene rings is 1. The third-order valence-electron chi connectivity index (χ3n) is 5.48. The van der Waals surface area contributed by atoms with Gasteiger partial charge >= 0.3 is 0 Å². The maximum atomic E-state index is 5.59.